The summed E-state index contributed by atoms with van der Waals surface area (Å²) in [7, 11) is 0.0718. The second kappa shape index (κ2) is 11.1. The standard InChI is InChI=1S/C9H20NOP/c1-2-3-4-5-6-7-8-9-10-12-11/h2-9H2,1H3,(H,10,11). The van der Waals surface area contributed by atoms with E-state index in [1.165, 1.54) is 38.5 Å². The fourth-order valence-electron chi connectivity index (χ4n) is 1.21. The lowest BCUT2D eigenvalue weighted by Crippen LogP contribution is -2.00. The van der Waals surface area contributed by atoms with Gasteiger partial charge in [-0.15, -0.1) is 0 Å². The summed E-state index contributed by atoms with van der Waals surface area (Å²) in [5.74, 6) is 0. The maximum absolute atomic E-state index is 9.97. The fraction of sp³-hybridized carbons (Fsp3) is 1.00. The van der Waals surface area contributed by atoms with Crippen molar-refractivity contribution in [2.75, 3.05) is 6.54 Å². The van der Waals surface area contributed by atoms with Crippen molar-refractivity contribution < 1.29 is 4.57 Å². The largest absolute Gasteiger partial charge is 0.256 e. The molecule has 2 nitrogen and oxygen atoms in total. The van der Waals surface area contributed by atoms with Gasteiger partial charge in [0, 0.05) is 6.54 Å². The maximum Gasteiger partial charge on any atom is 0.245 e. The summed E-state index contributed by atoms with van der Waals surface area (Å²) in [5.41, 5.74) is 0. The molecule has 0 saturated carbocycles. The van der Waals surface area contributed by atoms with Gasteiger partial charge in [-0.05, 0) is 6.42 Å². The number of hydrogen-bond donors (Lipinski definition) is 1. The molecular formula is C9H20NOP. The molecule has 12 heavy (non-hydrogen) atoms. The Morgan fingerprint density at radius 2 is 1.58 bits per heavy atom. The molecule has 0 aromatic carbocycles. The first-order valence-corrected chi connectivity index (χ1v) is 5.78. The van der Waals surface area contributed by atoms with Crippen molar-refractivity contribution in [1.82, 2.24) is 5.09 Å². The summed E-state index contributed by atoms with van der Waals surface area (Å²) in [6, 6.07) is 0. The van der Waals surface area contributed by atoms with Gasteiger partial charge in [-0.3, -0.25) is 4.57 Å². The number of rotatable bonds is 9. The molecule has 0 amide bonds. The first-order valence-electron chi connectivity index (χ1n) is 4.97. The Balaban J connectivity index is 2.77. The first-order chi connectivity index (χ1) is 5.91. The van der Waals surface area contributed by atoms with Gasteiger partial charge in [-0.2, -0.15) is 0 Å². The maximum atomic E-state index is 9.97. The van der Waals surface area contributed by atoms with Gasteiger partial charge in [0.2, 0.25) is 8.61 Å². The van der Waals surface area contributed by atoms with Crippen molar-refractivity contribution in [1.29, 1.82) is 0 Å². The van der Waals surface area contributed by atoms with E-state index in [0.717, 1.165) is 13.0 Å². The smallest absolute Gasteiger partial charge is 0.245 e. The van der Waals surface area contributed by atoms with E-state index in [0.29, 0.717) is 0 Å². The van der Waals surface area contributed by atoms with E-state index in [9.17, 15) is 4.57 Å². The zero-order valence-electron chi connectivity index (χ0n) is 8.01. The van der Waals surface area contributed by atoms with Gasteiger partial charge in [0.15, 0.2) is 0 Å². The van der Waals surface area contributed by atoms with E-state index in [1.54, 1.807) is 0 Å². The highest BCUT2D eigenvalue weighted by molar-refractivity contribution is 7.21. The van der Waals surface area contributed by atoms with Gasteiger partial charge in [0.1, 0.15) is 0 Å². The normalized spacial score (nSPS) is 10.8. The number of hydrogen-bond acceptors (Lipinski definition) is 1. The Kier molecular flexibility index (Phi) is 11.1. The van der Waals surface area contributed by atoms with Crippen molar-refractivity contribution in [2.24, 2.45) is 0 Å². The Labute approximate surface area is 77.4 Å². The van der Waals surface area contributed by atoms with Crippen molar-refractivity contribution in [3.63, 3.8) is 0 Å². The first kappa shape index (κ1) is 12.1. The van der Waals surface area contributed by atoms with Gasteiger partial charge in [0.25, 0.3) is 0 Å². The van der Waals surface area contributed by atoms with Crippen LogP contribution in [0.5, 0.6) is 0 Å². The molecule has 0 aliphatic rings. The van der Waals surface area contributed by atoms with Gasteiger partial charge in [-0.25, -0.2) is 5.09 Å². The molecule has 1 N–H and O–H groups in total. The van der Waals surface area contributed by atoms with Gasteiger partial charge < -0.3 is 0 Å². The summed E-state index contributed by atoms with van der Waals surface area (Å²) in [4.78, 5) is 0. The third-order valence-electron chi connectivity index (χ3n) is 1.96. The average Bonchev–Trinajstić information content (AvgIpc) is 2.10. The molecule has 72 valence electrons. The Bertz CT molecular complexity index is 98.5. The molecule has 0 saturated heterocycles. The molecule has 0 spiro atoms. The second-order valence-corrected chi connectivity index (χ2v) is 3.62. The molecule has 0 aromatic rings. The van der Waals surface area contributed by atoms with Crippen LogP contribution < -0.4 is 5.09 Å². The van der Waals surface area contributed by atoms with E-state index in [-0.39, 0.29) is 8.61 Å². The van der Waals surface area contributed by atoms with E-state index >= 15 is 0 Å². The minimum atomic E-state index is 0.0718. The molecule has 0 radical (unpaired) electrons. The molecule has 0 atom stereocenters. The second-order valence-electron chi connectivity index (χ2n) is 3.12. The topological polar surface area (TPSA) is 29.1 Å². The van der Waals surface area contributed by atoms with Crippen LogP contribution in [-0.2, 0) is 4.57 Å². The highest BCUT2D eigenvalue weighted by Crippen LogP contribution is 2.06. The summed E-state index contributed by atoms with van der Waals surface area (Å²) >= 11 is 0. The zero-order chi connectivity index (χ0) is 9.07. The highest BCUT2D eigenvalue weighted by Gasteiger charge is 1.89. The summed E-state index contributed by atoms with van der Waals surface area (Å²) in [5, 5.41) is 2.77. The molecule has 0 bridgehead atoms. The van der Waals surface area contributed by atoms with Gasteiger partial charge >= 0.3 is 0 Å². The van der Waals surface area contributed by atoms with E-state index in [2.05, 4.69) is 12.0 Å². The molecule has 0 aliphatic carbocycles. The van der Waals surface area contributed by atoms with Crippen LogP contribution in [-0.4, -0.2) is 6.54 Å². The molecule has 0 rings (SSSR count). The third kappa shape index (κ3) is 10.1. The molecule has 0 unspecified atom stereocenters. The monoisotopic (exact) mass is 189 g/mol. The van der Waals surface area contributed by atoms with Crippen molar-refractivity contribution in [3.05, 3.63) is 0 Å². The molecular weight excluding hydrogens is 169 g/mol. The Morgan fingerprint density at radius 1 is 1.00 bits per heavy atom. The van der Waals surface area contributed by atoms with Crippen LogP contribution in [0.3, 0.4) is 0 Å². The van der Waals surface area contributed by atoms with E-state index in [1.807, 2.05) is 0 Å². The average molecular weight is 189 g/mol. The minimum Gasteiger partial charge on any atom is -0.256 e. The van der Waals surface area contributed by atoms with Crippen LogP contribution in [0, 0.1) is 0 Å². The SMILES string of the molecule is CCCCCCCCCNP=O. The van der Waals surface area contributed by atoms with Crippen molar-refractivity contribution in [2.45, 2.75) is 51.9 Å². The zero-order valence-corrected chi connectivity index (χ0v) is 8.91. The lowest BCUT2D eigenvalue weighted by molar-refractivity contribution is 0.574. The lowest BCUT2D eigenvalue weighted by atomic mass is 10.1. The quantitative estimate of drug-likeness (QED) is 0.444. The number of nitrogens with one attached hydrogen (secondary N) is 1. The molecule has 3 heteroatoms. The third-order valence-corrected chi connectivity index (χ3v) is 2.31. The van der Waals surface area contributed by atoms with Gasteiger partial charge in [-0.1, -0.05) is 45.4 Å². The number of unbranched alkanes of at least 4 members (excludes halogenated alkanes) is 6. The Hall–Kier alpha value is 0.0600. The van der Waals surface area contributed by atoms with Crippen LogP contribution in [0.4, 0.5) is 0 Å². The minimum absolute atomic E-state index is 0.0718. The van der Waals surface area contributed by atoms with Crippen LogP contribution in [0.15, 0.2) is 0 Å². The highest BCUT2D eigenvalue weighted by atomic mass is 31.1. The predicted octanol–water partition coefficient (Wildman–Crippen LogP) is 3.53. The Morgan fingerprint density at radius 3 is 2.17 bits per heavy atom. The fourth-order valence-corrected chi connectivity index (χ4v) is 1.46. The van der Waals surface area contributed by atoms with E-state index < -0.39 is 0 Å². The summed E-state index contributed by atoms with van der Waals surface area (Å²) in [6.45, 7) is 3.12. The molecule has 0 aromatic heterocycles. The predicted molar refractivity (Wildman–Crippen MR) is 53.6 cm³/mol. The van der Waals surface area contributed by atoms with Crippen LogP contribution in [0.25, 0.3) is 0 Å². The van der Waals surface area contributed by atoms with Crippen LogP contribution in [0.1, 0.15) is 51.9 Å². The van der Waals surface area contributed by atoms with Crippen molar-refractivity contribution in [3.8, 4) is 0 Å². The van der Waals surface area contributed by atoms with Crippen LogP contribution in [0.2, 0.25) is 0 Å². The van der Waals surface area contributed by atoms with Crippen LogP contribution >= 0.6 is 8.61 Å². The van der Waals surface area contributed by atoms with E-state index in [4.69, 9.17) is 0 Å². The molecule has 0 aliphatic heterocycles. The summed E-state index contributed by atoms with van der Waals surface area (Å²) in [6.07, 6.45) is 9.19. The van der Waals surface area contributed by atoms with Crippen molar-refractivity contribution >= 4 is 8.61 Å². The summed E-state index contributed by atoms with van der Waals surface area (Å²) < 4.78 is 9.97. The molecule has 0 heterocycles. The van der Waals surface area contributed by atoms with Gasteiger partial charge in [0.05, 0.1) is 0 Å². The lowest BCUT2D eigenvalue weighted by Gasteiger charge is -1.99. The molecule has 0 fully saturated rings.